The van der Waals surface area contributed by atoms with Gasteiger partial charge < -0.3 is 10.1 Å². The summed E-state index contributed by atoms with van der Waals surface area (Å²) in [7, 11) is 1.61. The summed E-state index contributed by atoms with van der Waals surface area (Å²) in [6, 6.07) is 7.50. The van der Waals surface area contributed by atoms with Gasteiger partial charge in [-0.25, -0.2) is 0 Å². The molecule has 1 amide bonds. The van der Waals surface area contributed by atoms with Gasteiger partial charge in [-0.2, -0.15) is 0 Å². The van der Waals surface area contributed by atoms with Gasteiger partial charge in [-0.05, 0) is 24.3 Å². The third-order valence-corrected chi connectivity index (χ3v) is 5.53. The lowest BCUT2D eigenvalue weighted by Crippen LogP contribution is -2.23. The van der Waals surface area contributed by atoms with Crippen molar-refractivity contribution in [1.29, 1.82) is 0 Å². The molecule has 0 radical (unpaired) electrons. The lowest BCUT2D eigenvalue weighted by atomic mass is 10.3. The Labute approximate surface area is 169 Å². The van der Waals surface area contributed by atoms with E-state index < -0.39 is 0 Å². The van der Waals surface area contributed by atoms with Gasteiger partial charge in [-0.3, -0.25) is 14.3 Å². The van der Waals surface area contributed by atoms with Gasteiger partial charge in [-0.1, -0.05) is 29.9 Å². The average molecular weight is 422 g/mol. The van der Waals surface area contributed by atoms with E-state index in [0.717, 1.165) is 11.4 Å². The Morgan fingerprint density at radius 3 is 2.78 bits per heavy atom. The van der Waals surface area contributed by atoms with Crippen LogP contribution in [0.5, 0.6) is 5.75 Å². The summed E-state index contributed by atoms with van der Waals surface area (Å²) in [5.74, 6) is 1.64. The number of thiazole rings is 1. The third kappa shape index (κ3) is 4.88. The van der Waals surface area contributed by atoms with Crippen LogP contribution in [0.15, 0.2) is 52.7 Å². The van der Waals surface area contributed by atoms with Gasteiger partial charge in [-0.15, -0.1) is 21.5 Å². The topological polar surface area (TPSA) is 81.9 Å². The predicted molar refractivity (Wildman–Crippen MR) is 107 cm³/mol. The van der Waals surface area contributed by atoms with Gasteiger partial charge in [0.2, 0.25) is 0 Å². The number of rotatable bonds is 8. The molecule has 2 aromatic heterocycles. The molecule has 0 fully saturated rings. The van der Waals surface area contributed by atoms with Crippen molar-refractivity contribution in [1.82, 2.24) is 25.1 Å². The number of carbonyl (C=O) groups is 1. The smallest absolute Gasteiger partial charge is 0.263 e. The minimum Gasteiger partial charge on any atom is -0.497 e. The largest absolute Gasteiger partial charge is 0.497 e. The van der Waals surface area contributed by atoms with Gasteiger partial charge >= 0.3 is 0 Å². The second-order valence-corrected chi connectivity index (χ2v) is 7.65. The highest BCUT2D eigenvalue weighted by atomic mass is 35.5. The first-order valence-electron chi connectivity index (χ1n) is 7.80. The van der Waals surface area contributed by atoms with Crippen molar-refractivity contribution in [2.45, 2.75) is 11.7 Å². The Morgan fingerprint density at radius 2 is 2.15 bits per heavy atom. The number of nitrogens with one attached hydrogen (secondary N) is 1. The first-order valence-corrected chi connectivity index (χ1v) is 10.0. The van der Waals surface area contributed by atoms with Gasteiger partial charge in [0, 0.05) is 16.5 Å². The molecular formula is C17H16ClN5O2S2. The number of carbonyl (C=O) groups excluding carboxylic acids is 1. The highest BCUT2D eigenvalue weighted by molar-refractivity contribution is 7.99. The van der Waals surface area contributed by atoms with E-state index >= 15 is 0 Å². The van der Waals surface area contributed by atoms with E-state index in [9.17, 15) is 4.79 Å². The van der Waals surface area contributed by atoms with Crippen LogP contribution in [-0.4, -0.2) is 38.5 Å². The molecule has 0 aliphatic rings. The lowest BCUT2D eigenvalue weighted by molar-refractivity contribution is 0.0953. The van der Waals surface area contributed by atoms with E-state index in [1.54, 1.807) is 12.6 Å². The molecule has 0 unspecified atom stereocenters. The summed E-state index contributed by atoms with van der Waals surface area (Å²) in [6.07, 6.45) is 1.53. The number of nitrogens with zero attached hydrogens (tertiary/aromatic N) is 4. The zero-order valence-corrected chi connectivity index (χ0v) is 16.8. The van der Waals surface area contributed by atoms with Crippen LogP contribution in [0.25, 0.3) is 5.69 Å². The molecule has 10 heteroatoms. The van der Waals surface area contributed by atoms with Crippen LogP contribution in [0.2, 0.25) is 0 Å². The molecule has 0 aliphatic heterocycles. The molecule has 140 valence electrons. The van der Waals surface area contributed by atoms with E-state index in [1.807, 2.05) is 28.8 Å². The van der Waals surface area contributed by atoms with Crippen LogP contribution in [0.4, 0.5) is 0 Å². The first-order chi connectivity index (χ1) is 13.1. The number of aromatic nitrogens is 4. The fourth-order valence-electron chi connectivity index (χ4n) is 2.22. The highest BCUT2D eigenvalue weighted by Crippen LogP contribution is 2.25. The molecule has 1 aromatic carbocycles. The van der Waals surface area contributed by atoms with Crippen molar-refractivity contribution >= 4 is 40.6 Å². The molecule has 2 heterocycles. The van der Waals surface area contributed by atoms with E-state index in [2.05, 4.69) is 27.1 Å². The van der Waals surface area contributed by atoms with Gasteiger partial charge in [0.25, 0.3) is 5.91 Å². The number of hydrogen-bond donors (Lipinski definition) is 1. The monoisotopic (exact) mass is 421 g/mol. The van der Waals surface area contributed by atoms with Gasteiger partial charge in [0.1, 0.15) is 10.6 Å². The maximum absolute atomic E-state index is 12.2. The number of ether oxygens (including phenoxy) is 1. The number of methoxy groups -OCH3 is 1. The second-order valence-electron chi connectivity index (χ2n) is 5.29. The molecule has 3 aromatic rings. The van der Waals surface area contributed by atoms with E-state index in [0.29, 0.717) is 26.6 Å². The molecule has 0 bridgehead atoms. The van der Waals surface area contributed by atoms with Crippen molar-refractivity contribution in [3.63, 3.8) is 0 Å². The van der Waals surface area contributed by atoms with Crippen molar-refractivity contribution in [3.8, 4) is 11.4 Å². The van der Waals surface area contributed by atoms with E-state index in [-0.39, 0.29) is 12.5 Å². The zero-order chi connectivity index (χ0) is 19.2. The Hall–Kier alpha value is -2.36. The molecular weight excluding hydrogens is 406 g/mol. The first kappa shape index (κ1) is 19.4. The van der Waals surface area contributed by atoms with Crippen LogP contribution in [0.3, 0.4) is 0 Å². The number of hydrogen-bond acceptors (Lipinski definition) is 7. The van der Waals surface area contributed by atoms with Crippen LogP contribution >= 0.6 is 34.7 Å². The van der Waals surface area contributed by atoms with Crippen molar-refractivity contribution < 1.29 is 9.53 Å². The molecule has 0 atom stereocenters. The fraction of sp³-hybridized carbons (Fsp3) is 0.176. The fourth-order valence-corrected chi connectivity index (χ4v) is 3.64. The molecule has 0 spiro atoms. The molecule has 7 nitrogen and oxygen atoms in total. The van der Waals surface area contributed by atoms with E-state index in [4.69, 9.17) is 16.3 Å². The van der Waals surface area contributed by atoms with Gasteiger partial charge in [0.05, 0.1) is 25.4 Å². The van der Waals surface area contributed by atoms with E-state index in [1.165, 1.54) is 29.3 Å². The number of benzene rings is 1. The summed E-state index contributed by atoms with van der Waals surface area (Å²) in [5.41, 5.74) is 2.47. The molecule has 0 aliphatic carbocycles. The number of amides is 1. The van der Waals surface area contributed by atoms with Crippen molar-refractivity contribution in [2.24, 2.45) is 0 Å². The molecule has 0 saturated carbocycles. The zero-order valence-electron chi connectivity index (χ0n) is 14.4. The maximum atomic E-state index is 12.2. The third-order valence-electron chi connectivity index (χ3n) is 3.45. The van der Waals surface area contributed by atoms with Crippen LogP contribution in [0.1, 0.15) is 15.5 Å². The summed E-state index contributed by atoms with van der Waals surface area (Å²) >= 11 is 8.58. The minimum atomic E-state index is -0.204. The molecule has 1 N–H and O–H groups in total. The standard InChI is InChI=1S/C17H16ClN5O2S2/c1-11(18)9-26-17-22-21-15(8-20-16(24)14-7-19-10-27-14)23(17)12-3-5-13(25-2)6-4-12/h3-7,10H,1,8-9H2,2H3,(H,20,24). The Balaban J connectivity index is 1.85. The maximum Gasteiger partial charge on any atom is 0.263 e. The van der Waals surface area contributed by atoms with Crippen LogP contribution < -0.4 is 10.1 Å². The van der Waals surface area contributed by atoms with Crippen LogP contribution in [0, 0.1) is 0 Å². The highest BCUT2D eigenvalue weighted by Gasteiger charge is 2.16. The van der Waals surface area contributed by atoms with Crippen LogP contribution in [-0.2, 0) is 6.54 Å². The Bertz CT molecular complexity index is 925. The quantitative estimate of drug-likeness (QED) is 0.560. The predicted octanol–water partition coefficient (Wildman–Crippen LogP) is 3.51. The summed E-state index contributed by atoms with van der Waals surface area (Å²) in [5, 5.41) is 12.5. The normalized spacial score (nSPS) is 10.6. The number of thioether (sulfide) groups is 1. The summed E-state index contributed by atoms with van der Waals surface area (Å²) in [4.78, 5) is 16.6. The van der Waals surface area contributed by atoms with Crippen molar-refractivity contribution in [3.05, 3.63) is 58.3 Å². The Kier molecular flexibility index (Phi) is 6.49. The summed E-state index contributed by atoms with van der Waals surface area (Å²) in [6.45, 7) is 3.92. The lowest BCUT2D eigenvalue weighted by Gasteiger charge is -2.11. The molecule has 27 heavy (non-hydrogen) atoms. The van der Waals surface area contributed by atoms with Gasteiger partial charge in [0.15, 0.2) is 11.0 Å². The SMILES string of the molecule is C=C(Cl)CSc1nnc(CNC(=O)c2cncs2)n1-c1ccc(OC)cc1. The summed E-state index contributed by atoms with van der Waals surface area (Å²) < 4.78 is 7.08. The average Bonchev–Trinajstić information content (AvgIpc) is 3.34. The second kappa shape index (κ2) is 9.03. The number of halogens is 1. The minimum absolute atomic E-state index is 0.204. The molecule has 3 rings (SSSR count). The van der Waals surface area contributed by atoms with Crippen molar-refractivity contribution in [2.75, 3.05) is 12.9 Å². The molecule has 0 saturated heterocycles. The Morgan fingerprint density at radius 1 is 1.37 bits per heavy atom.